The molecule has 0 saturated heterocycles. The summed E-state index contributed by atoms with van der Waals surface area (Å²) in [4.78, 5) is 21.4. The number of halogens is 1. The Labute approximate surface area is 113 Å². The molecular formula is C14H10FNO4. The van der Waals surface area contributed by atoms with Gasteiger partial charge in [-0.25, -0.2) is 4.79 Å². The number of nitro groups is 1. The van der Waals surface area contributed by atoms with Crippen molar-refractivity contribution in [3.63, 3.8) is 0 Å². The summed E-state index contributed by atoms with van der Waals surface area (Å²) in [6.07, 6.45) is 0. The molecule has 2 rings (SSSR count). The molecule has 0 aliphatic carbocycles. The number of nitrogens with zero attached hydrogens (tertiary/aromatic N) is 1. The Morgan fingerprint density at radius 1 is 1.20 bits per heavy atom. The molecule has 0 heterocycles. The van der Waals surface area contributed by atoms with Crippen molar-refractivity contribution in [3.8, 4) is 11.1 Å². The van der Waals surface area contributed by atoms with Crippen molar-refractivity contribution in [2.75, 3.05) is 7.11 Å². The van der Waals surface area contributed by atoms with E-state index in [1.807, 2.05) is 0 Å². The second-order valence-corrected chi connectivity index (χ2v) is 4.00. The molecule has 2 aromatic rings. The smallest absolute Gasteiger partial charge is 0.337 e. The summed E-state index contributed by atoms with van der Waals surface area (Å²) < 4.78 is 17.9. The van der Waals surface area contributed by atoms with Gasteiger partial charge in [0.05, 0.1) is 17.6 Å². The fourth-order valence-electron chi connectivity index (χ4n) is 1.78. The monoisotopic (exact) mass is 275 g/mol. The highest BCUT2D eigenvalue weighted by molar-refractivity contribution is 5.91. The minimum atomic E-state index is -0.900. The summed E-state index contributed by atoms with van der Waals surface area (Å²) in [7, 11) is 1.26. The van der Waals surface area contributed by atoms with Crippen LogP contribution in [0.15, 0.2) is 42.5 Å². The van der Waals surface area contributed by atoms with E-state index in [9.17, 15) is 19.3 Å². The highest BCUT2D eigenvalue weighted by Gasteiger charge is 2.15. The molecular weight excluding hydrogens is 265 g/mol. The molecule has 0 aromatic heterocycles. The van der Waals surface area contributed by atoms with Gasteiger partial charge in [-0.15, -0.1) is 0 Å². The van der Waals surface area contributed by atoms with Crippen LogP contribution in [0, 0.1) is 15.9 Å². The highest BCUT2D eigenvalue weighted by atomic mass is 19.1. The number of hydrogen-bond donors (Lipinski definition) is 0. The molecule has 0 saturated carbocycles. The quantitative estimate of drug-likeness (QED) is 0.490. The Morgan fingerprint density at radius 3 is 2.55 bits per heavy atom. The fraction of sp³-hybridized carbons (Fsp3) is 0.0714. The van der Waals surface area contributed by atoms with Crippen molar-refractivity contribution in [1.82, 2.24) is 0 Å². The first-order chi connectivity index (χ1) is 9.52. The Morgan fingerprint density at radius 2 is 1.90 bits per heavy atom. The van der Waals surface area contributed by atoms with Crippen LogP contribution in [0.1, 0.15) is 10.4 Å². The standard InChI is InChI=1S/C14H10FNO4/c1-20-14(17)11-4-2-3-9(7-11)10-5-6-12(15)13(8-10)16(18)19/h2-8H,1H3. The molecule has 6 heteroatoms. The van der Waals surface area contributed by atoms with E-state index in [4.69, 9.17) is 0 Å². The predicted octanol–water partition coefficient (Wildman–Crippen LogP) is 3.19. The Bertz CT molecular complexity index is 685. The summed E-state index contributed by atoms with van der Waals surface area (Å²) in [6.45, 7) is 0. The summed E-state index contributed by atoms with van der Waals surface area (Å²) in [5.74, 6) is -1.41. The molecule has 20 heavy (non-hydrogen) atoms. The normalized spacial score (nSPS) is 10.1. The minimum absolute atomic E-state index is 0.317. The summed E-state index contributed by atoms with van der Waals surface area (Å²) >= 11 is 0. The maximum absolute atomic E-state index is 13.3. The lowest BCUT2D eigenvalue weighted by atomic mass is 10.0. The fourth-order valence-corrected chi connectivity index (χ4v) is 1.78. The number of methoxy groups -OCH3 is 1. The van der Waals surface area contributed by atoms with Gasteiger partial charge < -0.3 is 4.74 Å². The van der Waals surface area contributed by atoms with Crippen molar-refractivity contribution in [1.29, 1.82) is 0 Å². The molecule has 0 fully saturated rings. The third-order valence-electron chi connectivity index (χ3n) is 2.76. The summed E-state index contributed by atoms with van der Waals surface area (Å²) in [5, 5.41) is 10.7. The van der Waals surface area contributed by atoms with E-state index in [1.54, 1.807) is 18.2 Å². The minimum Gasteiger partial charge on any atom is -0.465 e. The third-order valence-corrected chi connectivity index (χ3v) is 2.76. The van der Waals surface area contributed by atoms with Crippen molar-refractivity contribution in [2.24, 2.45) is 0 Å². The average molecular weight is 275 g/mol. The number of hydrogen-bond acceptors (Lipinski definition) is 4. The van der Waals surface area contributed by atoms with Gasteiger partial charge in [0.25, 0.3) is 0 Å². The zero-order chi connectivity index (χ0) is 14.7. The van der Waals surface area contributed by atoms with Crippen LogP contribution in [-0.4, -0.2) is 18.0 Å². The van der Waals surface area contributed by atoms with Gasteiger partial charge in [0.15, 0.2) is 0 Å². The number of benzene rings is 2. The molecule has 2 aromatic carbocycles. The summed E-state index contributed by atoms with van der Waals surface area (Å²) in [6, 6.07) is 9.96. The molecule has 0 N–H and O–H groups in total. The molecule has 0 aliphatic heterocycles. The van der Waals surface area contributed by atoms with Crippen LogP contribution in [0.2, 0.25) is 0 Å². The van der Waals surface area contributed by atoms with Gasteiger partial charge in [0, 0.05) is 6.07 Å². The van der Waals surface area contributed by atoms with Crippen molar-refractivity contribution in [2.45, 2.75) is 0 Å². The molecule has 0 atom stereocenters. The molecule has 102 valence electrons. The van der Waals surface area contributed by atoms with E-state index in [0.717, 1.165) is 12.1 Å². The first-order valence-electron chi connectivity index (χ1n) is 5.65. The number of ether oxygens (including phenoxy) is 1. The number of rotatable bonds is 3. The Balaban J connectivity index is 2.49. The second-order valence-electron chi connectivity index (χ2n) is 4.00. The second kappa shape index (κ2) is 5.48. The average Bonchev–Trinajstić information content (AvgIpc) is 2.46. The van der Waals surface area contributed by atoms with Crippen LogP contribution in [-0.2, 0) is 4.74 Å². The van der Waals surface area contributed by atoms with Crippen molar-refractivity contribution >= 4 is 11.7 Å². The van der Waals surface area contributed by atoms with Crippen molar-refractivity contribution in [3.05, 3.63) is 64.0 Å². The first kappa shape index (κ1) is 13.7. The lowest BCUT2D eigenvalue weighted by molar-refractivity contribution is -0.387. The first-order valence-corrected chi connectivity index (χ1v) is 5.65. The molecule has 0 spiro atoms. The van der Waals surface area contributed by atoms with Crippen LogP contribution in [0.3, 0.4) is 0 Å². The van der Waals surface area contributed by atoms with E-state index in [1.165, 1.54) is 19.2 Å². The Hall–Kier alpha value is -2.76. The molecule has 0 aliphatic rings. The number of carbonyl (C=O) groups is 1. The van der Waals surface area contributed by atoms with E-state index in [0.29, 0.717) is 16.7 Å². The van der Waals surface area contributed by atoms with Crippen LogP contribution in [0.25, 0.3) is 11.1 Å². The zero-order valence-electron chi connectivity index (χ0n) is 10.5. The van der Waals surface area contributed by atoms with Crippen LogP contribution in [0.4, 0.5) is 10.1 Å². The molecule has 0 radical (unpaired) electrons. The number of esters is 1. The lowest BCUT2D eigenvalue weighted by Gasteiger charge is -2.05. The van der Waals surface area contributed by atoms with Gasteiger partial charge in [0.1, 0.15) is 0 Å². The maximum Gasteiger partial charge on any atom is 0.337 e. The van der Waals surface area contributed by atoms with Crippen LogP contribution >= 0.6 is 0 Å². The zero-order valence-corrected chi connectivity index (χ0v) is 10.5. The topological polar surface area (TPSA) is 69.4 Å². The molecule has 0 bridgehead atoms. The SMILES string of the molecule is COC(=O)c1cccc(-c2ccc(F)c([N+](=O)[O-])c2)c1. The van der Waals surface area contributed by atoms with Crippen LogP contribution in [0.5, 0.6) is 0 Å². The van der Waals surface area contributed by atoms with Crippen LogP contribution < -0.4 is 0 Å². The molecule has 0 amide bonds. The van der Waals surface area contributed by atoms with Crippen molar-refractivity contribution < 1.29 is 18.8 Å². The maximum atomic E-state index is 13.3. The summed E-state index contributed by atoms with van der Waals surface area (Å²) in [5.41, 5.74) is 0.725. The van der Waals surface area contributed by atoms with Gasteiger partial charge >= 0.3 is 11.7 Å². The lowest BCUT2D eigenvalue weighted by Crippen LogP contribution is -2.00. The van der Waals surface area contributed by atoms with Gasteiger partial charge in [-0.1, -0.05) is 18.2 Å². The predicted molar refractivity (Wildman–Crippen MR) is 69.8 cm³/mol. The van der Waals surface area contributed by atoms with Gasteiger partial charge in [-0.2, -0.15) is 4.39 Å². The van der Waals surface area contributed by atoms with E-state index in [2.05, 4.69) is 4.74 Å². The molecule has 0 unspecified atom stereocenters. The van der Waals surface area contributed by atoms with Gasteiger partial charge in [0.2, 0.25) is 5.82 Å². The largest absolute Gasteiger partial charge is 0.465 e. The molecule has 5 nitrogen and oxygen atoms in total. The third kappa shape index (κ3) is 2.64. The van der Waals surface area contributed by atoms with Gasteiger partial charge in [-0.3, -0.25) is 10.1 Å². The highest BCUT2D eigenvalue weighted by Crippen LogP contribution is 2.27. The van der Waals surface area contributed by atoms with Gasteiger partial charge in [-0.05, 0) is 29.3 Å². The van der Waals surface area contributed by atoms with E-state index >= 15 is 0 Å². The number of carbonyl (C=O) groups excluding carboxylic acids is 1. The van der Waals surface area contributed by atoms with E-state index < -0.39 is 22.4 Å². The van der Waals surface area contributed by atoms with E-state index in [-0.39, 0.29) is 0 Å². The Kier molecular flexibility index (Phi) is 3.74. The number of nitro benzene ring substituents is 1.